The quantitative estimate of drug-likeness (QED) is 0.514. The van der Waals surface area contributed by atoms with Gasteiger partial charge in [-0.3, -0.25) is 4.79 Å². The van der Waals surface area contributed by atoms with Gasteiger partial charge >= 0.3 is 0 Å². The van der Waals surface area contributed by atoms with Gasteiger partial charge in [0, 0.05) is 5.56 Å². The standard InChI is InChI=1S/C18H16O3/c1-21-18-13-14(11-12-17(18)20)7-5-6-10-16(19)15-8-3-2-4-9-15/h2-13,20H,1H3. The molecule has 0 aromatic heterocycles. The molecule has 0 atom stereocenters. The Morgan fingerprint density at radius 3 is 2.57 bits per heavy atom. The monoisotopic (exact) mass is 280 g/mol. The molecule has 0 unspecified atom stereocenters. The maximum atomic E-state index is 11.8. The van der Waals surface area contributed by atoms with Gasteiger partial charge in [0.15, 0.2) is 17.3 Å². The number of methoxy groups -OCH3 is 1. The number of hydrogen-bond acceptors (Lipinski definition) is 3. The number of phenols is 1. The first-order valence-corrected chi connectivity index (χ1v) is 6.52. The Balaban J connectivity index is 2.02. The zero-order valence-corrected chi connectivity index (χ0v) is 11.7. The van der Waals surface area contributed by atoms with Crippen molar-refractivity contribution in [2.75, 3.05) is 7.11 Å². The molecule has 3 nitrogen and oxygen atoms in total. The first-order chi connectivity index (χ1) is 10.2. The fourth-order valence-corrected chi connectivity index (χ4v) is 1.81. The summed E-state index contributed by atoms with van der Waals surface area (Å²) in [7, 11) is 1.50. The number of hydrogen-bond donors (Lipinski definition) is 1. The van der Waals surface area contributed by atoms with E-state index in [0.717, 1.165) is 5.56 Å². The van der Waals surface area contributed by atoms with Gasteiger partial charge in [-0.1, -0.05) is 54.6 Å². The first kappa shape index (κ1) is 14.6. The van der Waals surface area contributed by atoms with E-state index in [2.05, 4.69) is 0 Å². The lowest BCUT2D eigenvalue weighted by Gasteiger charge is -2.03. The van der Waals surface area contributed by atoms with E-state index < -0.39 is 0 Å². The summed E-state index contributed by atoms with van der Waals surface area (Å²) in [6, 6.07) is 14.2. The number of rotatable bonds is 5. The van der Waals surface area contributed by atoms with Crippen molar-refractivity contribution in [2.24, 2.45) is 0 Å². The highest BCUT2D eigenvalue weighted by molar-refractivity contribution is 6.04. The molecule has 2 aromatic rings. The van der Waals surface area contributed by atoms with Crippen molar-refractivity contribution in [1.82, 2.24) is 0 Å². The van der Waals surface area contributed by atoms with E-state index in [1.54, 1.807) is 42.5 Å². The minimum atomic E-state index is -0.0384. The topological polar surface area (TPSA) is 46.5 Å². The summed E-state index contributed by atoms with van der Waals surface area (Å²) in [4.78, 5) is 11.8. The number of carbonyl (C=O) groups is 1. The summed E-state index contributed by atoms with van der Waals surface area (Å²) in [6.07, 6.45) is 6.81. The van der Waals surface area contributed by atoms with Crippen LogP contribution in [0.2, 0.25) is 0 Å². The molecule has 2 aromatic carbocycles. The van der Waals surface area contributed by atoms with Crippen molar-refractivity contribution in [2.45, 2.75) is 0 Å². The second-order valence-electron chi connectivity index (χ2n) is 4.38. The van der Waals surface area contributed by atoms with Gasteiger partial charge in [-0.2, -0.15) is 0 Å². The van der Waals surface area contributed by atoms with Crippen LogP contribution < -0.4 is 4.74 Å². The van der Waals surface area contributed by atoms with Gasteiger partial charge in [0.25, 0.3) is 0 Å². The van der Waals surface area contributed by atoms with Crippen LogP contribution in [-0.4, -0.2) is 18.0 Å². The number of aromatic hydroxyl groups is 1. The van der Waals surface area contributed by atoms with Crippen molar-refractivity contribution < 1.29 is 14.6 Å². The van der Waals surface area contributed by atoms with E-state index >= 15 is 0 Å². The molecule has 0 aliphatic heterocycles. The number of ketones is 1. The Morgan fingerprint density at radius 2 is 1.86 bits per heavy atom. The summed E-state index contributed by atoms with van der Waals surface area (Å²) >= 11 is 0. The molecule has 0 fully saturated rings. The van der Waals surface area contributed by atoms with Crippen molar-refractivity contribution in [1.29, 1.82) is 0 Å². The molecule has 0 saturated heterocycles. The van der Waals surface area contributed by atoms with E-state index in [0.29, 0.717) is 11.3 Å². The fraction of sp³-hybridized carbons (Fsp3) is 0.0556. The molecule has 2 rings (SSSR count). The van der Waals surface area contributed by atoms with Crippen LogP contribution >= 0.6 is 0 Å². The number of allylic oxidation sites excluding steroid dienone is 3. The molecule has 0 amide bonds. The fourth-order valence-electron chi connectivity index (χ4n) is 1.81. The summed E-state index contributed by atoms with van der Waals surface area (Å²) < 4.78 is 5.03. The molecule has 21 heavy (non-hydrogen) atoms. The number of ether oxygens (including phenoxy) is 1. The van der Waals surface area contributed by atoms with Gasteiger partial charge in [0.1, 0.15) is 0 Å². The van der Waals surface area contributed by atoms with Crippen LogP contribution in [0.25, 0.3) is 6.08 Å². The Bertz CT molecular complexity index is 670. The normalized spacial score (nSPS) is 11.1. The predicted octanol–water partition coefficient (Wildman–Crippen LogP) is 3.85. The Hall–Kier alpha value is -2.81. The lowest BCUT2D eigenvalue weighted by molar-refractivity contribution is 0.104. The van der Waals surface area contributed by atoms with Gasteiger partial charge in [-0.15, -0.1) is 0 Å². The average Bonchev–Trinajstić information content (AvgIpc) is 2.53. The van der Waals surface area contributed by atoms with Crippen LogP contribution in [0.1, 0.15) is 15.9 Å². The molecule has 0 bridgehead atoms. The molecule has 0 heterocycles. The number of benzene rings is 2. The molecule has 3 heteroatoms. The number of phenolic OH excluding ortho intramolecular Hbond substituents is 1. The largest absolute Gasteiger partial charge is 0.504 e. The third-order valence-corrected chi connectivity index (χ3v) is 2.91. The second-order valence-corrected chi connectivity index (χ2v) is 4.38. The highest BCUT2D eigenvalue weighted by Crippen LogP contribution is 2.26. The second kappa shape index (κ2) is 7.10. The van der Waals surface area contributed by atoms with Gasteiger partial charge in [-0.05, 0) is 23.8 Å². The van der Waals surface area contributed by atoms with E-state index in [1.165, 1.54) is 13.2 Å². The van der Waals surface area contributed by atoms with E-state index in [1.807, 2.05) is 24.3 Å². The van der Waals surface area contributed by atoms with Crippen molar-refractivity contribution in [3.8, 4) is 11.5 Å². The molecule has 0 radical (unpaired) electrons. The SMILES string of the molecule is COc1cc(C=CC=CC(=O)c2ccccc2)ccc1O. The first-order valence-electron chi connectivity index (χ1n) is 6.52. The van der Waals surface area contributed by atoms with Crippen LogP contribution in [0.4, 0.5) is 0 Å². The van der Waals surface area contributed by atoms with E-state index in [9.17, 15) is 9.90 Å². The molecule has 0 aliphatic carbocycles. The minimum Gasteiger partial charge on any atom is -0.504 e. The molecular weight excluding hydrogens is 264 g/mol. The van der Waals surface area contributed by atoms with E-state index in [-0.39, 0.29) is 11.5 Å². The van der Waals surface area contributed by atoms with Gasteiger partial charge in [-0.25, -0.2) is 0 Å². The van der Waals surface area contributed by atoms with Gasteiger partial charge in [0.05, 0.1) is 7.11 Å². The lowest BCUT2D eigenvalue weighted by atomic mass is 10.1. The molecule has 0 saturated carbocycles. The third kappa shape index (κ3) is 4.08. The predicted molar refractivity (Wildman–Crippen MR) is 83.6 cm³/mol. The highest BCUT2D eigenvalue weighted by Gasteiger charge is 2.00. The third-order valence-electron chi connectivity index (χ3n) is 2.91. The van der Waals surface area contributed by atoms with Gasteiger partial charge in [0.2, 0.25) is 0 Å². The number of carbonyl (C=O) groups excluding carboxylic acids is 1. The summed E-state index contributed by atoms with van der Waals surface area (Å²) in [6.45, 7) is 0. The summed E-state index contributed by atoms with van der Waals surface area (Å²) in [5.74, 6) is 0.481. The van der Waals surface area contributed by atoms with Crippen LogP contribution in [0.15, 0.2) is 66.8 Å². The molecule has 0 spiro atoms. The summed E-state index contributed by atoms with van der Waals surface area (Å²) in [5, 5.41) is 9.50. The maximum absolute atomic E-state index is 11.8. The molecule has 0 aliphatic rings. The van der Waals surface area contributed by atoms with Crippen molar-refractivity contribution in [3.05, 3.63) is 77.9 Å². The molecule has 1 N–H and O–H groups in total. The minimum absolute atomic E-state index is 0.0384. The zero-order chi connectivity index (χ0) is 15.1. The van der Waals surface area contributed by atoms with Crippen LogP contribution in [0.5, 0.6) is 11.5 Å². The Labute approximate surface area is 123 Å². The Morgan fingerprint density at radius 1 is 1.10 bits per heavy atom. The van der Waals surface area contributed by atoms with Crippen LogP contribution in [0, 0.1) is 0 Å². The van der Waals surface area contributed by atoms with E-state index in [4.69, 9.17) is 4.74 Å². The molecular formula is C18H16O3. The Kier molecular flexibility index (Phi) is 4.94. The van der Waals surface area contributed by atoms with Crippen LogP contribution in [-0.2, 0) is 0 Å². The van der Waals surface area contributed by atoms with Crippen molar-refractivity contribution >= 4 is 11.9 Å². The summed E-state index contributed by atoms with van der Waals surface area (Å²) in [5.41, 5.74) is 1.54. The van der Waals surface area contributed by atoms with Crippen molar-refractivity contribution in [3.63, 3.8) is 0 Å². The lowest BCUT2D eigenvalue weighted by Crippen LogP contribution is -1.92. The smallest absolute Gasteiger partial charge is 0.185 e. The highest BCUT2D eigenvalue weighted by atomic mass is 16.5. The molecule has 106 valence electrons. The average molecular weight is 280 g/mol. The zero-order valence-electron chi connectivity index (χ0n) is 11.7. The van der Waals surface area contributed by atoms with Gasteiger partial charge < -0.3 is 9.84 Å². The van der Waals surface area contributed by atoms with Crippen LogP contribution in [0.3, 0.4) is 0 Å². The maximum Gasteiger partial charge on any atom is 0.185 e.